The van der Waals surface area contributed by atoms with Gasteiger partial charge in [-0.3, -0.25) is 4.98 Å². The highest BCUT2D eigenvalue weighted by Gasteiger charge is 1.98. The molecule has 66 valence electrons. The average molecular weight is 182 g/mol. The molecule has 0 bridgehead atoms. The topological polar surface area (TPSA) is 62.5 Å². The second kappa shape index (κ2) is 3.62. The van der Waals surface area contributed by atoms with Gasteiger partial charge in [-0.15, -0.1) is 0 Å². The quantitative estimate of drug-likeness (QED) is 0.668. The van der Waals surface area contributed by atoms with Crippen LogP contribution in [0.25, 0.3) is 11.3 Å². The van der Waals surface area contributed by atoms with E-state index >= 15 is 0 Å². The van der Waals surface area contributed by atoms with Crippen molar-refractivity contribution >= 4 is 0 Å². The zero-order valence-electron chi connectivity index (χ0n) is 7.25. The van der Waals surface area contributed by atoms with Crippen molar-refractivity contribution in [1.82, 2.24) is 15.2 Å². The molecular formula is C10H6N4. The minimum absolute atomic E-state index is 0.552. The van der Waals surface area contributed by atoms with Crippen LogP contribution >= 0.6 is 0 Å². The Morgan fingerprint density at radius 1 is 1.07 bits per heavy atom. The Balaban J connectivity index is 2.40. The van der Waals surface area contributed by atoms with E-state index in [1.807, 2.05) is 12.1 Å². The molecule has 0 unspecified atom stereocenters. The number of hydrogen-bond donors (Lipinski definition) is 0. The highest BCUT2D eigenvalue weighted by Crippen LogP contribution is 2.13. The van der Waals surface area contributed by atoms with Crippen molar-refractivity contribution in [3.8, 4) is 17.3 Å². The van der Waals surface area contributed by atoms with Crippen molar-refractivity contribution < 1.29 is 0 Å². The van der Waals surface area contributed by atoms with E-state index in [-0.39, 0.29) is 0 Å². The van der Waals surface area contributed by atoms with Gasteiger partial charge >= 0.3 is 0 Å². The van der Waals surface area contributed by atoms with Gasteiger partial charge in [0.1, 0.15) is 6.07 Å². The second-order valence-corrected chi connectivity index (χ2v) is 2.68. The van der Waals surface area contributed by atoms with Gasteiger partial charge in [0.05, 0.1) is 23.7 Å². The normalized spacial score (nSPS) is 9.36. The molecule has 2 aromatic heterocycles. The molecule has 4 heteroatoms. The smallest absolute Gasteiger partial charge is 0.101 e. The molecule has 0 aliphatic carbocycles. The zero-order valence-corrected chi connectivity index (χ0v) is 7.25. The number of pyridine rings is 1. The Morgan fingerprint density at radius 2 is 2.00 bits per heavy atom. The summed E-state index contributed by atoms with van der Waals surface area (Å²) in [4.78, 5) is 4.13. The number of rotatable bonds is 1. The summed E-state index contributed by atoms with van der Waals surface area (Å²) >= 11 is 0. The van der Waals surface area contributed by atoms with Crippen molar-refractivity contribution in [2.45, 2.75) is 0 Å². The highest BCUT2D eigenvalue weighted by atomic mass is 15.1. The lowest BCUT2D eigenvalue weighted by Crippen LogP contribution is -1.86. The van der Waals surface area contributed by atoms with Gasteiger partial charge in [0.15, 0.2) is 0 Å². The van der Waals surface area contributed by atoms with Crippen molar-refractivity contribution in [3.63, 3.8) is 0 Å². The molecule has 0 radical (unpaired) electrons. The first-order valence-electron chi connectivity index (χ1n) is 4.03. The summed E-state index contributed by atoms with van der Waals surface area (Å²) in [6, 6.07) is 7.35. The molecule has 4 nitrogen and oxygen atoms in total. The molecule has 14 heavy (non-hydrogen) atoms. The van der Waals surface area contributed by atoms with Crippen LogP contribution in [0.15, 0.2) is 36.8 Å². The van der Waals surface area contributed by atoms with Crippen LogP contribution in [-0.4, -0.2) is 15.2 Å². The Bertz CT molecular complexity index is 456. The fourth-order valence-corrected chi connectivity index (χ4v) is 1.07. The third-order valence-corrected chi connectivity index (χ3v) is 1.77. The number of nitriles is 1. The van der Waals surface area contributed by atoms with Gasteiger partial charge in [0.2, 0.25) is 0 Å². The SMILES string of the molecule is N#Cc1ccc(-c2ccnnc2)nc1. The van der Waals surface area contributed by atoms with Gasteiger partial charge in [-0.05, 0) is 18.2 Å². The monoisotopic (exact) mass is 182 g/mol. The average Bonchev–Trinajstić information content (AvgIpc) is 2.30. The zero-order chi connectivity index (χ0) is 9.80. The van der Waals surface area contributed by atoms with Crippen LogP contribution < -0.4 is 0 Å². The highest BCUT2D eigenvalue weighted by molar-refractivity contribution is 5.57. The fraction of sp³-hybridized carbons (Fsp3) is 0. The van der Waals surface area contributed by atoms with E-state index in [0.717, 1.165) is 11.3 Å². The summed E-state index contributed by atoms with van der Waals surface area (Å²) in [7, 11) is 0. The number of aromatic nitrogens is 3. The van der Waals surface area contributed by atoms with Gasteiger partial charge in [-0.1, -0.05) is 0 Å². The van der Waals surface area contributed by atoms with E-state index in [1.165, 1.54) is 6.20 Å². The van der Waals surface area contributed by atoms with E-state index in [9.17, 15) is 0 Å². The van der Waals surface area contributed by atoms with Gasteiger partial charge < -0.3 is 0 Å². The molecule has 0 saturated heterocycles. The predicted molar refractivity (Wildman–Crippen MR) is 50.0 cm³/mol. The Morgan fingerprint density at radius 3 is 2.57 bits per heavy atom. The van der Waals surface area contributed by atoms with Crippen LogP contribution in [0.5, 0.6) is 0 Å². The van der Waals surface area contributed by atoms with Crippen LogP contribution in [-0.2, 0) is 0 Å². The molecule has 0 N–H and O–H groups in total. The molecule has 2 aromatic rings. The lowest BCUT2D eigenvalue weighted by Gasteiger charge is -1.97. The molecule has 0 aliphatic heterocycles. The third-order valence-electron chi connectivity index (χ3n) is 1.77. The molecule has 0 aromatic carbocycles. The van der Waals surface area contributed by atoms with Gasteiger partial charge in [-0.2, -0.15) is 15.5 Å². The van der Waals surface area contributed by atoms with E-state index in [1.54, 1.807) is 24.5 Å². The minimum atomic E-state index is 0.552. The maximum absolute atomic E-state index is 8.59. The first-order valence-corrected chi connectivity index (χ1v) is 4.03. The van der Waals surface area contributed by atoms with Crippen molar-refractivity contribution in [2.75, 3.05) is 0 Å². The van der Waals surface area contributed by atoms with Crippen LogP contribution in [0.3, 0.4) is 0 Å². The van der Waals surface area contributed by atoms with Gasteiger partial charge in [0, 0.05) is 11.8 Å². The fourth-order valence-electron chi connectivity index (χ4n) is 1.07. The third kappa shape index (κ3) is 1.57. The van der Waals surface area contributed by atoms with E-state index in [2.05, 4.69) is 15.2 Å². The Kier molecular flexibility index (Phi) is 2.15. The molecule has 0 saturated carbocycles. The largest absolute Gasteiger partial charge is 0.255 e. The van der Waals surface area contributed by atoms with Crippen molar-refractivity contribution in [2.24, 2.45) is 0 Å². The first-order chi connectivity index (χ1) is 6.90. The Labute approximate surface area is 80.9 Å². The summed E-state index contributed by atoms with van der Waals surface area (Å²) < 4.78 is 0. The molecule has 2 heterocycles. The molecule has 2 rings (SSSR count). The first kappa shape index (κ1) is 8.32. The maximum atomic E-state index is 8.59. The summed E-state index contributed by atoms with van der Waals surface area (Å²) in [5, 5.41) is 16.0. The van der Waals surface area contributed by atoms with Crippen molar-refractivity contribution in [3.05, 3.63) is 42.4 Å². The minimum Gasteiger partial charge on any atom is -0.255 e. The van der Waals surface area contributed by atoms with Crippen LogP contribution in [0, 0.1) is 11.3 Å². The van der Waals surface area contributed by atoms with Crippen molar-refractivity contribution in [1.29, 1.82) is 5.26 Å². The molecule has 0 amide bonds. The van der Waals surface area contributed by atoms with Gasteiger partial charge in [0.25, 0.3) is 0 Å². The predicted octanol–water partition coefficient (Wildman–Crippen LogP) is 1.41. The lowest BCUT2D eigenvalue weighted by molar-refractivity contribution is 1.03. The molecular weight excluding hydrogens is 176 g/mol. The van der Waals surface area contributed by atoms with E-state index in [0.29, 0.717) is 5.56 Å². The van der Waals surface area contributed by atoms with Crippen LogP contribution in [0.1, 0.15) is 5.56 Å². The standard InChI is InChI=1S/C10H6N4/c11-5-8-1-2-10(12-6-8)9-3-4-13-14-7-9/h1-4,6-7H. The molecule has 0 atom stereocenters. The lowest BCUT2D eigenvalue weighted by atomic mass is 10.2. The second-order valence-electron chi connectivity index (χ2n) is 2.68. The molecule has 0 fully saturated rings. The molecule has 0 aliphatic rings. The number of hydrogen-bond acceptors (Lipinski definition) is 4. The number of nitrogens with zero attached hydrogens (tertiary/aromatic N) is 4. The van der Waals surface area contributed by atoms with Gasteiger partial charge in [-0.25, -0.2) is 0 Å². The Hall–Kier alpha value is -2.28. The molecule has 0 spiro atoms. The van der Waals surface area contributed by atoms with Crippen LogP contribution in [0.2, 0.25) is 0 Å². The summed E-state index contributed by atoms with van der Waals surface area (Å²) in [5.74, 6) is 0. The summed E-state index contributed by atoms with van der Waals surface area (Å²) in [6.07, 6.45) is 4.78. The summed E-state index contributed by atoms with van der Waals surface area (Å²) in [5.41, 5.74) is 2.24. The van der Waals surface area contributed by atoms with E-state index < -0.39 is 0 Å². The summed E-state index contributed by atoms with van der Waals surface area (Å²) in [6.45, 7) is 0. The van der Waals surface area contributed by atoms with E-state index in [4.69, 9.17) is 5.26 Å². The maximum Gasteiger partial charge on any atom is 0.101 e. The van der Waals surface area contributed by atoms with Crippen LogP contribution in [0.4, 0.5) is 0 Å².